The van der Waals surface area contributed by atoms with E-state index in [-0.39, 0.29) is 5.69 Å². The van der Waals surface area contributed by atoms with E-state index in [0.29, 0.717) is 24.7 Å². The summed E-state index contributed by atoms with van der Waals surface area (Å²) in [7, 11) is 1.69. The molecule has 0 aliphatic heterocycles. The summed E-state index contributed by atoms with van der Waals surface area (Å²) in [6, 6.07) is 6.74. The van der Waals surface area contributed by atoms with Crippen LogP contribution in [-0.4, -0.2) is 28.5 Å². The van der Waals surface area contributed by atoms with E-state index in [2.05, 4.69) is 15.3 Å². The molecular weight excluding hydrogens is 270 g/mol. The number of pyridine rings is 2. The zero-order valence-electron chi connectivity index (χ0n) is 12.0. The first kappa shape index (κ1) is 14.7. The third-order valence-electron chi connectivity index (χ3n) is 3.09. The molecule has 0 saturated heterocycles. The Morgan fingerprint density at radius 2 is 2.05 bits per heavy atom. The number of hydrogen-bond donors (Lipinski definition) is 1. The molecule has 0 saturated carbocycles. The Morgan fingerprint density at radius 3 is 2.62 bits per heavy atom. The van der Waals surface area contributed by atoms with Gasteiger partial charge in [-0.2, -0.15) is 0 Å². The van der Waals surface area contributed by atoms with E-state index < -0.39 is 4.92 Å². The summed E-state index contributed by atoms with van der Waals surface area (Å²) < 4.78 is 0. The molecule has 0 bridgehead atoms. The molecule has 0 aromatic carbocycles. The van der Waals surface area contributed by atoms with Crippen molar-refractivity contribution < 1.29 is 4.92 Å². The van der Waals surface area contributed by atoms with Gasteiger partial charge in [0.05, 0.1) is 17.1 Å². The average Bonchev–Trinajstić information content (AvgIpc) is 2.53. The molecule has 2 rings (SSSR count). The predicted molar refractivity (Wildman–Crippen MR) is 81.4 cm³/mol. The molecule has 0 radical (unpaired) electrons. The van der Waals surface area contributed by atoms with Crippen LogP contribution in [0.4, 0.5) is 17.3 Å². The molecule has 7 heteroatoms. The second kappa shape index (κ2) is 6.65. The highest BCUT2D eigenvalue weighted by atomic mass is 16.6. The number of hydrogen-bond acceptors (Lipinski definition) is 6. The quantitative estimate of drug-likeness (QED) is 0.649. The number of nitrogens with one attached hydrogen (secondary N) is 1. The molecule has 0 fully saturated rings. The summed E-state index contributed by atoms with van der Waals surface area (Å²) in [5.41, 5.74) is 1.10. The third kappa shape index (κ3) is 3.65. The minimum absolute atomic E-state index is 0.0255. The van der Waals surface area contributed by atoms with Gasteiger partial charge in [-0.05, 0) is 24.6 Å². The summed E-state index contributed by atoms with van der Waals surface area (Å²) in [6.45, 7) is 3.30. The zero-order chi connectivity index (χ0) is 15.2. The normalized spacial score (nSPS) is 10.2. The summed E-state index contributed by atoms with van der Waals surface area (Å²) in [5.74, 6) is 1.06. The van der Waals surface area contributed by atoms with Crippen LogP contribution in [-0.2, 0) is 6.54 Å². The van der Waals surface area contributed by atoms with Gasteiger partial charge in [-0.25, -0.2) is 4.98 Å². The molecule has 0 aliphatic carbocycles. The van der Waals surface area contributed by atoms with Crippen LogP contribution < -0.4 is 10.2 Å². The number of nitro groups is 1. The van der Waals surface area contributed by atoms with Gasteiger partial charge < -0.3 is 10.2 Å². The summed E-state index contributed by atoms with van der Waals surface area (Å²) in [5, 5.41) is 13.9. The van der Waals surface area contributed by atoms with Crippen LogP contribution >= 0.6 is 0 Å². The molecule has 2 aromatic heterocycles. The average molecular weight is 287 g/mol. The second-order valence-corrected chi connectivity index (χ2v) is 4.45. The number of rotatable bonds is 6. The Bertz CT molecular complexity index is 618. The topological polar surface area (TPSA) is 84.2 Å². The van der Waals surface area contributed by atoms with Gasteiger partial charge in [-0.3, -0.25) is 15.1 Å². The highest BCUT2D eigenvalue weighted by molar-refractivity contribution is 5.55. The maximum Gasteiger partial charge on any atom is 0.276 e. The molecule has 7 nitrogen and oxygen atoms in total. The van der Waals surface area contributed by atoms with Crippen LogP contribution in [0, 0.1) is 10.1 Å². The minimum Gasteiger partial charge on any atom is -0.373 e. The first-order valence-corrected chi connectivity index (χ1v) is 6.62. The summed E-state index contributed by atoms with van der Waals surface area (Å²) in [6.07, 6.45) is 3.45. The fourth-order valence-corrected chi connectivity index (χ4v) is 1.96. The van der Waals surface area contributed by atoms with Crippen LogP contribution in [0.2, 0.25) is 0 Å². The highest BCUT2D eigenvalue weighted by Gasteiger charge is 2.15. The van der Waals surface area contributed by atoms with Crippen LogP contribution in [0.1, 0.15) is 12.5 Å². The van der Waals surface area contributed by atoms with E-state index in [0.717, 1.165) is 5.56 Å². The van der Waals surface area contributed by atoms with Gasteiger partial charge >= 0.3 is 0 Å². The van der Waals surface area contributed by atoms with Crippen molar-refractivity contribution in [3.63, 3.8) is 0 Å². The third-order valence-corrected chi connectivity index (χ3v) is 3.09. The monoisotopic (exact) mass is 287 g/mol. The fraction of sp³-hybridized carbons (Fsp3) is 0.286. The van der Waals surface area contributed by atoms with Crippen molar-refractivity contribution in [3.05, 3.63) is 52.3 Å². The first-order valence-electron chi connectivity index (χ1n) is 6.62. The fourth-order valence-electron chi connectivity index (χ4n) is 1.96. The van der Waals surface area contributed by atoms with Crippen molar-refractivity contribution in [2.75, 3.05) is 23.8 Å². The molecule has 0 amide bonds. The van der Waals surface area contributed by atoms with Crippen molar-refractivity contribution in [2.24, 2.45) is 0 Å². The van der Waals surface area contributed by atoms with Gasteiger partial charge in [0.25, 0.3) is 5.69 Å². The van der Waals surface area contributed by atoms with Crippen molar-refractivity contribution in [1.29, 1.82) is 0 Å². The molecule has 0 unspecified atom stereocenters. The first-order chi connectivity index (χ1) is 10.1. The van der Waals surface area contributed by atoms with Crippen molar-refractivity contribution in [1.82, 2.24) is 9.97 Å². The lowest BCUT2D eigenvalue weighted by Crippen LogP contribution is -2.23. The van der Waals surface area contributed by atoms with Gasteiger partial charge in [0, 0.05) is 32.5 Å². The van der Waals surface area contributed by atoms with Crippen LogP contribution in [0.5, 0.6) is 0 Å². The Kier molecular flexibility index (Phi) is 4.65. The Labute approximate surface area is 122 Å². The standard InChI is InChI=1S/C14H17N5O2/c1-3-18(10-11-4-6-16-7-5-11)14-9-12(19(20)21)8-13(15-2)17-14/h4-9H,3,10H2,1-2H3,(H,15,17). The second-order valence-electron chi connectivity index (χ2n) is 4.45. The summed E-state index contributed by atoms with van der Waals surface area (Å²) in [4.78, 5) is 21.0. The minimum atomic E-state index is -0.410. The van der Waals surface area contributed by atoms with Gasteiger partial charge in [-0.15, -0.1) is 0 Å². The van der Waals surface area contributed by atoms with Crippen molar-refractivity contribution in [3.8, 4) is 0 Å². The molecule has 0 atom stereocenters. The van der Waals surface area contributed by atoms with Crippen molar-refractivity contribution in [2.45, 2.75) is 13.5 Å². The van der Waals surface area contributed by atoms with Crippen LogP contribution in [0.15, 0.2) is 36.7 Å². The van der Waals surface area contributed by atoms with Crippen molar-refractivity contribution >= 4 is 17.3 Å². The highest BCUT2D eigenvalue weighted by Crippen LogP contribution is 2.24. The largest absolute Gasteiger partial charge is 0.373 e. The predicted octanol–water partition coefficient (Wildman–Crippen LogP) is 2.45. The Balaban J connectivity index is 2.32. The van der Waals surface area contributed by atoms with Gasteiger partial charge in [-0.1, -0.05) is 0 Å². The SMILES string of the molecule is CCN(Cc1ccncc1)c1cc([N+](=O)[O-])cc(NC)n1. The lowest BCUT2D eigenvalue weighted by Gasteiger charge is -2.22. The zero-order valence-corrected chi connectivity index (χ0v) is 12.0. The molecule has 2 heterocycles. The molecule has 0 spiro atoms. The number of aromatic nitrogens is 2. The molecular formula is C14H17N5O2. The van der Waals surface area contributed by atoms with E-state index in [1.54, 1.807) is 19.4 Å². The van der Waals surface area contributed by atoms with Gasteiger partial charge in [0.15, 0.2) is 0 Å². The maximum absolute atomic E-state index is 11.0. The molecule has 21 heavy (non-hydrogen) atoms. The number of anilines is 2. The lowest BCUT2D eigenvalue weighted by molar-refractivity contribution is -0.384. The van der Waals surface area contributed by atoms with Gasteiger partial charge in [0.2, 0.25) is 0 Å². The number of nitrogens with zero attached hydrogens (tertiary/aromatic N) is 4. The maximum atomic E-state index is 11.0. The van der Waals surface area contributed by atoms with Crippen LogP contribution in [0.25, 0.3) is 0 Å². The van der Waals surface area contributed by atoms with E-state index in [9.17, 15) is 10.1 Å². The van der Waals surface area contributed by atoms with E-state index in [1.807, 2.05) is 24.0 Å². The lowest BCUT2D eigenvalue weighted by atomic mass is 10.2. The molecule has 1 N–H and O–H groups in total. The molecule has 2 aromatic rings. The van der Waals surface area contributed by atoms with E-state index in [4.69, 9.17) is 0 Å². The Morgan fingerprint density at radius 1 is 1.33 bits per heavy atom. The molecule has 0 aliphatic rings. The van der Waals surface area contributed by atoms with Crippen LogP contribution in [0.3, 0.4) is 0 Å². The molecule has 110 valence electrons. The van der Waals surface area contributed by atoms with Gasteiger partial charge in [0.1, 0.15) is 11.6 Å². The van der Waals surface area contributed by atoms with E-state index in [1.165, 1.54) is 12.1 Å². The Hall–Kier alpha value is -2.70. The smallest absolute Gasteiger partial charge is 0.276 e. The summed E-state index contributed by atoms with van der Waals surface area (Å²) >= 11 is 0. The van der Waals surface area contributed by atoms with E-state index >= 15 is 0 Å².